The summed E-state index contributed by atoms with van der Waals surface area (Å²) in [5, 5.41) is 18.3. The zero-order chi connectivity index (χ0) is 11.0. The molecule has 0 saturated heterocycles. The molecule has 1 aliphatic carbocycles. The molecular formula is C12H14O3. The van der Waals surface area contributed by atoms with E-state index in [1.807, 2.05) is 6.07 Å². The van der Waals surface area contributed by atoms with Crippen LogP contribution in [0.15, 0.2) is 18.2 Å². The summed E-state index contributed by atoms with van der Waals surface area (Å²) in [6.45, 7) is 1.74. The van der Waals surface area contributed by atoms with Gasteiger partial charge in [0.25, 0.3) is 0 Å². The van der Waals surface area contributed by atoms with Gasteiger partial charge in [0.2, 0.25) is 0 Å². The summed E-state index contributed by atoms with van der Waals surface area (Å²) in [6, 6.07) is 5.22. The molecule has 0 saturated carbocycles. The highest BCUT2D eigenvalue weighted by Gasteiger charge is 2.31. The molecule has 0 bridgehead atoms. The van der Waals surface area contributed by atoms with Crippen LogP contribution in [0.1, 0.15) is 30.4 Å². The Morgan fingerprint density at radius 3 is 2.93 bits per heavy atom. The van der Waals surface area contributed by atoms with Crippen LogP contribution in [0.2, 0.25) is 0 Å². The van der Waals surface area contributed by atoms with Crippen LogP contribution in [0.3, 0.4) is 0 Å². The van der Waals surface area contributed by atoms with Crippen LogP contribution in [0, 0.1) is 5.92 Å². The van der Waals surface area contributed by atoms with Gasteiger partial charge in [-0.1, -0.05) is 13.0 Å². The third kappa shape index (κ3) is 1.69. The fourth-order valence-corrected chi connectivity index (χ4v) is 2.33. The molecule has 3 heteroatoms. The predicted octanol–water partition coefficient (Wildman–Crippen LogP) is 2.14. The number of phenolic OH excluding ortho intramolecular Hbond substituents is 1. The van der Waals surface area contributed by atoms with Gasteiger partial charge in [0.05, 0.1) is 5.92 Å². The maximum atomic E-state index is 10.9. The number of aromatic hydroxyl groups is 1. The first-order valence-electron chi connectivity index (χ1n) is 5.14. The summed E-state index contributed by atoms with van der Waals surface area (Å²) in [5.41, 5.74) is 2.18. The maximum Gasteiger partial charge on any atom is 0.306 e. The van der Waals surface area contributed by atoms with E-state index in [9.17, 15) is 9.90 Å². The van der Waals surface area contributed by atoms with Gasteiger partial charge in [-0.15, -0.1) is 0 Å². The number of aliphatic carboxylic acids is 1. The van der Waals surface area contributed by atoms with E-state index in [1.54, 1.807) is 19.1 Å². The van der Waals surface area contributed by atoms with E-state index in [1.165, 1.54) is 0 Å². The van der Waals surface area contributed by atoms with Gasteiger partial charge >= 0.3 is 5.97 Å². The predicted molar refractivity (Wildman–Crippen MR) is 56.0 cm³/mol. The summed E-state index contributed by atoms with van der Waals surface area (Å²) in [6.07, 6.45) is 1.73. The third-order valence-corrected chi connectivity index (χ3v) is 3.24. The molecule has 2 atom stereocenters. The van der Waals surface area contributed by atoms with Crippen LogP contribution in [0.5, 0.6) is 5.75 Å². The van der Waals surface area contributed by atoms with Gasteiger partial charge in [0.15, 0.2) is 0 Å². The van der Waals surface area contributed by atoms with Crippen LogP contribution in [0.4, 0.5) is 0 Å². The number of carboxylic acid groups (broad SMARTS) is 1. The average molecular weight is 206 g/mol. The molecule has 15 heavy (non-hydrogen) atoms. The number of carboxylic acids is 1. The Balaban J connectivity index is 2.32. The largest absolute Gasteiger partial charge is 0.508 e. The van der Waals surface area contributed by atoms with Crippen molar-refractivity contribution in [3.63, 3.8) is 0 Å². The molecule has 1 aromatic rings. The zero-order valence-corrected chi connectivity index (χ0v) is 8.60. The Kier molecular flexibility index (Phi) is 2.39. The fraction of sp³-hybridized carbons (Fsp3) is 0.417. The molecule has 0 heterocycles. The van der Waals surface area contributed by atoms with Crippen LogP contribution in [0.25, 0.3) is 0 Å². The Hall–Kier alpha value is -1.51. The number of phenols is 1. The number of aryl methyl sites for hydroxylation is 1. The lowest BCUT2D eigenvalue weighted by atomic mass is 9.89. The minimum absolute atomic E-state index is 0.0955. The van der Waals surface area contributed by atoms with Gasteiger partial charge in [-0.25, -0.2) is 0 Å². The summed E-state index contributed by atoms with van der Waals surface area (Å²) in [5.74, 6) is -0.743. The van der Waals surface area contributed by atoms with Gasteiger partial charge in [-0.3, -0.25) is 4.79 Å². The molecule has 0 amide bonds. The normalized spacial score (nSPS) is 21.0. The van der Waals surface area contributed by atoms with Crippen molar-refractivity contribution in [3.8, 4) is 5.75 Å². The molecule has 0 aliphatic heterocycles. The first-order chi connectivity index (χ1) is 7.09. The SMILES string of the molecule is C[C@@H](C(=O)O)[C@H]1CCc2cc(O)ccc21. The second-order valence-corrected chi connectivity index (χ2v) is 4.16. The summed E-state index contributed by atoms with van der Waals surface area (Å²) >= 11 is 0. The monoisotopic (exact) mass is 206 g/mol. The van der Waals surface area contributed by atoms with Gasteiger partial charge in [0.1, 0.15) is 5.75 Å². The lowest BCUT2D eigenvalue weighted by Gasteiger charge is -2.15. The number of carbonyl (C=O) groups is 1. The highest BCUT2D eigenvalue weighted by Crippen LogP contribution is 2.39. The number of rotatable bonds is 2. The molecule has 3 nitrogen and oxygen atoms in total. The first-order valence-corrected chi connectivity index (χ1v) is 5.14. The van der Waals surface area contributed by atoms with Crippen molar-refractivity contribution in [2.45, 2.75) is 25.7 Å². The molecule has 0 radical (unpaired) electrons. The van der Waals surface area contributed by atoms with E-state index in [-0.39, 0.29) is 17.6 Å². The number of benzene rings is 1. The molecule has 2 N–H and O–H groups in total. The van der Waals surface area contributed by atoms with Crippen molar-refractivity contribution in [3.05, 3.63) is 29.3 Å². The van der Waals surface area contributed by atoms with Crippen molar-refractivity contribution >= 4 is 5.97 Å². The molecule has 0 fully saturated rings. The van der Waals surface area contributed by atoms with E-state index >= 15 is 0 Å². The van der Waals surface area contributed by atoms with Gasteiger partial charge in [-0.05, 0) is 42.0 Å². The molecule has 80 valence electrons. The Bertz CT molecular complexity index is 398. The van der Waals surface area contributed by atoms with Crippen LogP contribution in [-0.2, 0) is 11.2 Å². The van der Waals surface area contributed by atoms with E-state index in [2.05, 4.69) is 0 Å². The lowest BCUT2D eigenvalue weighted by Crippen LogP contribution is -2.17. The Morgan fingerprint density at radius 2 is 2.27 bits per heavy atom. The lowest BCUT2D eigenvalue weighted by molar-refractivity contribution is -0.141. The molecule has 1 aromatic carbocycles. The van der Waals surface area contributed by atoms with E-state index in [0.717, 1.165) is 24.0 Å². The quantitative estimate of drug-likeness (QED) is 0.779. The molecular weight excluding hydrogens is 192 g/mol. The number of hydrogen-bond acceptors (Lipinski definition) is 2. The van der Waals surface area contributed by atoms with E-state index in [4.69, 9.17) is 5.11 Å². The zero-order valence-electron chi connectivity index (χ0n) is 8.60. The second kappa shape index (κ2) is 3.57. The van der Waals surface area contributed by atoms with Crippen molar-refractivity contribution < 1.29 is 15.0 Å². The molecule has 1 aliphatic rings. The van der Waals surface area contributed by atoms with Crippen LogP contribution in [-0.4, -0.2) is 16.2 Å². The molecule has 0 unspecified atom stereocenters. The highest BCUT2D eigenvalue weighted by molar-refractivity contribution is 5.71. The Morgan fingerprint density at radius 1 is 1.53 bits per heavy atom. The van der Waals surface area contributed by atoms with Crippen molar-refractivity contribution in [1.82, 2.24) is 0 Å². The van der Waals surface area contributed by atoms with Gasteiger partial charge in [0, 0.05) is 0 Å². The average Bonchev–Trinajstić information content (AvgIpc) is 2.59. The first kappa shape index (κ1) is 10.0. The fourth-order valence-electron chi connectivity index (χ4n) is 2.33. The minimum atomic E-state index is -0.749. The Labute approximate surface area is 88.4 Å². The smallest absolute Gasteiger partial charge is 0.306 e. The van der Waals surface area contributed by atoms with Crippen molar-refractivity contribution in [1.29, 1.82) is 0 Å². The third-order valence-electron chi connectivity index (χ3n) is 3.24. The second-order valence-electron chi connectivity index (χ2n) is 4.16. The molecule has 0 spiro atoms. The van der Waals surface area contributed by atoms with Crippen LogP contribution >= 0.6 is 0 Å². The van der Waals surface area contributed by atoms with Gasteiger partial charge in [-0.2, -0.15) is 0 Å². The maximum absolute atomic E-state index is 10.9. The number of hydrogen-bond donors (Lipinski definition) is 2. The van der Waals surface area contributed by atoms with Crippen molar-refractivity contribution in [2.24, 2.45) is 5.92 Å². The topological polar surface area (TPSA) is 57.5 Å². The molecule has 2 rings (SSSR count). The standard InChI is InChI=1S/C12H14O3/c1-7(12(14)15)10-4-2-8-6-9(13)3-5-11(8)10/h3,5-7,10,13H,2,4H2,1H3,(H,14,15)/t7-,10-/m1/s1. The molecule has 0 aromatic heterocycles. The summed E-state index contributed by atoms with van der Waals surface area (Å²) in [7, 11) is 0. The van der Waals surface area contributed by atoms with Gasteiger partial charge < -0.3 is 10.2 Å². The highest BCUT2D eigenvalue weighted by atomic mass is 16.4. The van der Waals surface area contributed by atoms with Crippen LogP contribution < -0.4 is 0 Å². The minimum Gasteiger partial charge on any atom is -0.508 e. The van der Waals surface area contributed by atoms with E-state index < -0.39 is 5.97 Å². The number of fused-ring (bicyclic) bond motifs is 1. The van der Waals surface area contributed by atoms with E-state index in [0.29, 0.717) is 0 Å². The van der Waals surface area contributed by atoms with Crippen molar-refractivity contribution in [2.75, 3.05) is 0 Å². The summed E-state index contributed by atoms with van der Waals surface area (Å²) < 4.78 is 0. The summed E-state index contributed by atoms with van der Waals surface area (Å²) in [4.78, 5) is 10.9.